The van der Waals surface area contributed by atoms with Crippen LogP contribution in [0, 0.1) is 0 Å². The van der Waals surface area contributed by atoms with Gasteiger partial charge in [0.2, 0.25) is 17.7 Å². The number of carbonyl (C=O) groups is 5. The van der Waals surface area contributed by atoms with Gasteiger partial charge in [-0.25, -0.2) is 0 Å². The lowest BCUT2D eigenvalue weighted by Gasteiger charge is -2.28. The van der Waals surface area contributed by atoms with Crippen molar-refractivity contribution in [1.29, 1.82) is 0 Å². The SMILES string of the molecule is CCCCN1C(=O)c2cccc3c(NC(=O)[C@H](CCCCNC(C)=O)NC(C)=O)ccc(c23)C1=O. The highest BCUT2D eigenvalue weighted by Gasteiger charge is 2.33. The molecule has 3 rings (SSSR count). The summed E-state index contributed by atoms with van der Waals surface area (Å²) in [6, 6.07) is 7.73. The van der Waals surface area contributed by atoms with Crippen molar-refractivity contribution in [1.82, 2.24) is 15.5 Å². The first kappa shape index (κ1) is 25.9. The number of unbranched alkanes of at least 4 members (excludes halogenated alkanes) is 2. The van der Waals surface area contributed by atoms with Crippen molar-refractivity contribution in [2.75, 3.05) is 18.4 Å². The molecule has 0 bridgehead atoms. The van der Waals surface area contributed by atoms with Crippen molar-refractivity contribution >= 4 is 46.0 Å². The number of carbonyl (C=O) groups excluding carboxylic acids is 5. The zero-order chi connectivity index (χ0) is 25.5. The maximum absolute atomic E-state index is 13.1. The third kappa shape index (κ3) is 6.03. The summed E-state index contributed by atoms with van der Waals surface area (Å²) in [5.74, 6) is -1.50. The number of imide groups is 1. The Hall–Kier alpha value is -3.75. The molecule has 1 heterocycles. The van der Waals surface area contributed by atoms with Crippen molar-refractivity contribution < 1.29 is 24.0 Å². The highest BCUT2D eigenvalue weighted by molar-refractivity contribution is 6.27. The number of hydrogen-bond acceptors (Lipinski definition) is 5. The van der Waals surface area contributed by atoms with E-state index in [9.17, 15) is 24.0 Å². The second kappa shape index (κ2) is 11.6. The maximum atomic E-state index is 13.1. The quantitative estimate of drug-likeness (QED) is 0.337. The summed E-state index contributed by atoms with van der Waals surface area (Å²) in [6.07, 6.45) is 3.28. The van der Waals surface area contributed by atoms with Crippen LogP contribution in [0.4, 0.5) is 5.69 Å². The van der Waals surface area contributed by atoms with E-state index in [-0.39, 0.29) is 23.6 Å². The van der Waals surface area contributed by atoms with E-state index in [1.54, 1.807) is 30.3 Å². The first-order valence-corrected chi connectivity index (χ1v) is 12.0. The van der Waals surface area contributed by atoms with Gasteiger partial charge in [-0.15, -0.1) is 0 Å². The Bertz CT molecular complexity index is 1140. The normalized spacial score (nSPS) is 13.5. The van der Waals surface area contributed by atoms with E-state index >= 15 is 0 Å². The predicted octanol–water partition coefficient (Wildman–Crippen LogP) is 2.99. The molecule has 0 saturated heterocycles. The summed E-state index contributed by atoms with van der Waals surface area (Å²) >= 11 is 0. The molecule has 186 valence electrons. The summed E-state index contributed by atoms with van der Waals surface area (Å²) in [5.41, 5.74) is 1.33. The van der Waals surface area contributed by atoms with Crippen LogP contribution in [-0.2, 0) is 14.4 Å². The van der Waals surface area contributed by atoms with E-state index in [0.717, 1.165) is 12.8 Å². The summed E-state index contributed by atoms with van der Waals surface area (Å²) in [4.78, 5) is 63.1. The third-order valence-electron chi connectivity index (χ3n) is 5.97. The highest BCUT2D eigenvalue weighted by atomic mass is 16.2. The van der Waals surface area contributed by atoms with Gasteiger partial charge < -0.3 is 16.0 Å². The van der Waals surface area contributed by atoms with Crippen LogP contribution in [0.2, 0.25) is 0 Å². The predicted molar refractivity (Wildman–Crippen MR) is 133 cm³/mol. The van der Waals surface area contributed by atoms with E-state index < -0.39 is 11.9 Å². The fraction of sp³-hybridized carbons (Fsp3) is 0.423. The molecule has 9 nitrogen and oxygen atoms in total. The maximum Gasteiger partial charge on any atom is 0.261 e. The zero-order valence-electron chi connectivity index (χ0n) is 20.4. The molecule has 9 heteroatoms. The number of benzene rings is 2. The average Bonchev–Trinajstić information content (AvgIpc) is 2.81. The smallest absolute Gasteiger partial charge is 0.261 e. The van der Waals surface area contributed by atoms with E-state index in [2.05, 4.69) is 16.0 Å². The van der Waals surface area contributed by atoms with Crippen LogP contribution in [-0.4, -0.2) is 53.6 Å². The molecule has 5 amide bonds. The Morgan fingerprint density at radius 2 is 1.63 bits per heavy atom. The van der Waals surface area contributed by atoms with Gasteiger partial charge in [-0.2, -0.15) is 0 Å². The minimum Gasteiger partial charge on any atom is -0.356 e. The van der Waals surface area contributed by atoms with Crippen molar-refractivity contribution in [3.05, 3.63) is 41.5 Å². The van der Waals surface area contributed by atoms with Gasteiger partial charge in [-0.1, -0.05) is 25.5 Å². The molecule has 0 radical (unpaired) electrons. The molecule has 2 aromatic carbocycles. The largest absolute Gasteiger partial charge is 0.356 e. The van der Waals surface area contributed by atoms with Gasteiger partial charge in [0.05, 0.1) is 0 Å². The van der Waals surface area contributed by atoms with Crippen LogP contribution in [0.1, 0.15) is 73.6 Å². The van der Waals surface area contributed by atoms with Gasteiger partial charge in [-0.05, 0) is 43.9 Å². The van der Waals surface area contributed by atoms with Gasteiger partial charge in [-0.3, -0.25) is 28.9 Å². The molecule has 0 fully saturated rings. The van der Waals surface area contributed by atoms with Gasteiger partial charge in [0.1, 0.15) is 6.04 Å². The molecule has 0 aliphatic carbocycles. The Morgan fingerprint density at radius 3 is 2.29 bits per heavy atom. The Labute approximate surface area is 204 Å². The second-order valence-corrected chi connectivity index (χ2v) is 8.73. The lowest BCUT2D eigenvalue weighted by Crippen LogP contribution is -2.43. The highest BCUT2D eigenvalue weighted by Crippen LogP contribution is 2.34. The van der Waals surface area contributed by atoms with Gasteiger partial charge in [0, 0.05) is 54.5 Å². The molecule has 2 aromatic rings. The molecule has 1 atom stereocenters. The average molecular weight is 481 g/mol. The van der Waals surface area contributed by atoms with Crippen LogP contribution in [0.15, 0.2) is 30.3 Å². The standard InChI is InChI=1S/C26H32N4O5/c1-4-5-15-30-25(34)19-10-8-9-18-21(13-12-20(23(18)19)26(30)35)29-24(33)22(28-17(3)32)11-6-7-14-27-16(2)31/h8-10,12-13,22H,4-7,11,14-15H2,1-3H3,(H,27,31)(H,28,32)(H,29,33)/t22-/m0/s1. The second-order valence-electron chi connectivity index (χ2n) is 8.73. The van der Waals surface area contributed by atoms with E-state index in [1.807, 2.05) is 6.92 Å². The Balaban J connectivity index is 1.83. The Kier molecular flexibility index (Phi) is 8.57. The van der Waals surface area contributed by atoms with Crippen molar-refractivity contribution in [3.63, 3.8) is 0 Å². The minimum absolute atomic E-state index is 0.116. The number of nitrogens with one attached hydrogen (secondary N) is 3. The molecule has 35 heavy (non-hydrogen) atoms. The molecular formula is C26H32N4O5. The Morgan fingerprint density at radius 1 is 0.914 bits per heavy atom. The van der Waals surface area contributed by atoms with Gasteiger partial charge >= 0.3 is 0 Å². The van der Waals surface area contributed by atoms with Crippen LogP contribution >= 0.6 is 0 Å². The third-order valence-corrected chi connectivity index (χ3v) is 5.97. The van der Waals surface area contributed by atoms with Crippen LogP contribution in [0.25, 0.3) is 10.8 Å². The summed E-state index contributed by atoms with van der Waals surface area (Å²) in [5, 5.41) is 9.38. The summed E-state index contributed by atoms with van der Waals surface area (Å²) < 4.78 is 0. The van der Waals surface area contributed by atoms with E-state index in [1.165, 1.54) is 18.7 Å². The fourth-order valence-corrected chi connectivity index (χ4v) is 4.25. The summed E-state index contributed by atoms with van der Waals surface area (Å²) in [6.45, 7) is 5.65. The van der Waals surface area contributed by atoms with Crippen molar-refractivity contribution in [2.24, 2.45) is 0 Å². The molecule has 3 N–H and O–H groups in total. The lowest BCUT2D eigenvalue weighted by atomic mass is 9.92. The first-order valence-electron chi connectivity index (χ1n) is 12.0. The first-order chi connectivity index (χ1) is 16.7. The molecule has 0 saturated carbocycles. The fourth-order valence-electron chi connectivity index (χ4n) is 4.25. The number of nitrogens with zero attached hydrogens (tertiary/aromatic N) is 1. The monoisotopic (exact) mass is 480 g/mol. The number of hydrogen-bond donors (Lipinski definition) is 3. The lowest BCUT2D eigenvalue weighted by molar-refractivity contribution is -0.125. The van der Waals surface area contributed by atoms with Crippen LogP contribution < -0.4 is 16.0 Å². The van der Waals surface area contributed by atoms with Crippen molar-refractivity contribution in [2.45, 2.75) is 58.9 Å². The topological polar surface area (TPSA) is 125 Å². The molecule has 1 aliphatic rings. The van der Waals surface area contributed by atoms with E-state index in [4.69, 9.17) is 0 Å². The van der Waals surface area contributed by atoms with Crippen molar-refractivity contribution in [3.8, 4) is 0 Å². The molecule has 0 spiro atoms. The molecule has 1 aliphatic heterocycles. The number of amides is 5. The molecular weight excluding hydrogens is 448 g/mol. The number of anilines is 1. The minimum atomic E-state index is -0.761. The zero-order valence-corrected chi connectivity index (χ0v) is 20.4. The van der Waals surface area contributed by atoms with Gasteiger partial charge in [0.25, 0.3) is 11.8 Å². The van der Waals surface area contributed by atoms with Crippen LogP contribution in [0.5, 0.6) is 0 Å². The van der Waals surface area contributed by atoms with E-state index in [0.29, 0.717) is 59.9 Å². The molecule has 0 unspecified atom stereocenters. The van der Waals surface area contributed by atoms with Gasteiger partial charge in [0.15, 0.2) is 0 Å². The number of rotatable bonds is 11. The molecule has 0 aromatic heterocycles. The summed E-state index contributed by atoms with van der Waals surface area (Å²) in [7, 11) is 0. The van der Waals surface area contributed by atoms with Crippen LogP contribution in [0.3, 0.4) is 0 Å².